The van der Waals surface area contributed by atoms with E-state index < -0.39 is 49.1 Å². The van der Waals surface area contributed by atoms with Gasteiger partial charge >= 0.3 is 5.97 Å². The molecule has 1 aromatic carbocycles. The quantitative estimate of drug-likeness (QED) is 0.406. The smallest absolute Gasteiger partial charge is 0.334 e. The number of nitrogens with one attached hydrogen (secondary N) is 1. The van der Waals surface area contributed by atoms with Gasteiger partial charge in [-0.2, -0.15) is 0 Å². The lowest BCUT2D eigenvalue weighted by atomic mass is 9.43. The van der Waals surface area contributed by atoms with Gasteiger partial charge in [-0.1, -0.05) is 34.1 Å². The molecule has 2 unspecified atom stereocenters. The molecular weight excluding hydrogens is 486 g/mol. The zero-order valence-corrected chi connectivity index (χ0v) is 23.1. The summed E-state index contributed by atoms with van der Waals surface area (Å²) in [7, 11) is 0. The minimum absolute atomic E-state index is 0.0467. The highest BCUT2D eigenvalue weighted by Crippen LogP contribution is 2.67. The second-order valence-corrected chi connectivity index (χ2v) is 12.9. The molecule has 2 saturated carbocycles. The van der Waals surface area contributed by atoms with E-state index in [0.29, 0.717) is 23.0 Å². The first-order chi connectivity index (χ1) is 17.7. The lowest BCUT2D eigenvalue weighted by Crippen LogP contribution is -2.55. The monoisotopic (exact) mass is 525 g/mol. The molecule has 1 aromatic rings. The lowest BCUT2D eigenvalue weighted by Gasteiger charge is -2.61. The number of carboxylic acid groups (broad SMARTS) is 2. The van der Waals surface area contributed by atoms with Crippen LogP contribution in [0.15, 0.2) is 12.1 Å². The maximum Gasteiger partial charge on any atom is 0.334 e. The van der Waals surface area contributed by atoms with Crippen LogP contribution in [0.3, 0.4) is 0 Å². The number of carbonyl (C=O) groups excluding carboxylic acids is 4. The van der Waals surface area contributed by atoms with Gasteiger partial charge in [-0.3, -0.25) is 4.79 Å². The van der Waals surface area contributed by atoms with Crippen molar-refractivity contribution in [2.24, 2.45) is 22.7 Å². The van der Waals surface area contributed by atoms with Gasteiger partial charge in [0.2, 0.25) is 5.91 Å². The minimum Gasteiger partial charge on any atom is -0.550 e. The number of hydrogen-bond donors (Lipinski definition) is 1. The SMILES string of the molecule is Cc1cc(OC(=O)C(CC(=O)[O-])NC(=O)CCC(=O)[O-])cc2c1[C@]1(C)CCC3C(C)(C)CCC[C@]3(C)[C@H]1C2. The van der Waals surface area contributed by atoms with Gasteiger partial charge in [-0.25, -0.2) is 4.79 Å². The number of benzene rings is 1. The van der Waals surface area contributed by atoms with Crippen LogP contribution in [-0.2, 0) is 31.0 Å². The van der Waals surface area contributed by atoms with Crippen LogP contribution in [0.4, 0.5) is 0 Å². The number of amides is 1. The minimum atomic E-state index is -1.53. The van der Waals surface area contributed by atoms with Gasteiger partial charge in [0, 0.05) is 24.8 Å². The first-order valence-electron chi connectivity index (χ1n) is 13.7. The van der Waals surface area contributed by atoms with Crippen molar-refractivity contribution in [3.63, 3.8) is 0 Å². The number of carbonyl (C=O) groups is 4. The van der Waals surface area contributed by atoms with Crippen LogP contribution in [-0.4, -0.2) is 29.9 Å². The van der Waals surface area contributed by atoms with Crippen molar-refractivity contribution in [3.8, 4) is 5.75 Å². The molecule has 3 aliphatic rings. The molecule has 4 rings (SSSR count). The number of rotatable bonds is 8. The van der Waals surface area contributed by atoms with Gasteiger partial charge in [-0.15, -0.1) is 0 Å². The summed E-state index contributed by atoms with van der Waals surface area (Å²) in [5.41, 5.74) is 4.14. The molecule has 1 N–H and O–H groups in total. The Bertz CT molecular complexity index is 1160. The van der Waals surface area contributed by atoms with Crippen molar-refractivity contribution in [2.75, 3.05) is 0 Å². The first-order valence-corrected chi connectivity index (χ1v) is 13.7. The average molecular weight is 526 g/mol. The summed E-state index contributed by atoms with van der Waals surface area (Å²) in [4.78, 5) is 46.8. The van der Waals surface area contributed by atoms with E-state index in [4.69, 9.17) is 4.74 Å². The van der Waals surface area contributed by atoms with E-state index in [9.17, 15) is 29.4 Å². The number of aliphatic carboxylic acids is 2. The zero-order valence-electron chi connectivity index (χ0n) is 23.1. The Morgan fingerprint density at radius 2 is 1.71 bits per heavy atom. The van der Waals surface area contributed by atoms with Crippen LogP contribution in [0.2, 0.25) is 0 Å². The number of carboxylic acids is 2. The Balaban J connectivity index is 1.56. The summed E-state index contributed by atoms with van der Waals surface area (Å²) < 4.78 is 5.59. The maximum atomic E-state index is 12.9. The molecule has 5 atom stereocenters. The second-order valence-electron chi connectivity index (χ2n) is 12.9. The summed E-state index contributed by atoms with van der Waals surface area (Å²) in [5, 5.41) is 24.1. The van der Waals surface area contributed by atoms with Crippen molar-refractivity contribution in [2.45, 2.75) is 104 Å². The van der Waals surface area contributed by atoms with Gasteiger partial charge in [0.25, 0.3) is 0 Å². The van der Waals surface area contributed by atoms with Crippen LogP contribution in [0.1, 0.15) is 95.8 Å². The largest absolute Gasteiger partial charge is 0.550 e. The predicted octanol–water partition coefficient (Wildman–Crippen LogP) is 2.11. The Labute approximate surface area is 224 Å². The number of esters is 1. The number of ether oxygens (including phenoxy) is 1. The van der Waals surface area contributed by atoms with Crippen molar-refractivity contribution in [1.82, 2.24) is 5.32 Å². The molecule has 1 amide bonds. The molecule has 0 aliphatic heterocycles. The standard InChI is InChI=1S/C30H41NO7/c1-17-13-19(38-27(37)20(16-25(35)36)31-23(32)7-8-24(33)34)14-18-15-22-29(4)11-6-10-28(2,3)21(29)9-12-30(22,5)26(17)18/h13-14,20-22H,6-12,15-16H2,1-5H3,(H,31,32)(H,33,34)(H,35,36)/p-2/t20?,21?,22-,29+,30-/m1/s1. The van der Waals surface area contributed by atoms with Gasteiger partial charge in [-0.05, 0) is 102 Å². The average Bonchev–Trinajstić information content (AvgIpc) is 3.10. The van der Waals surface area contributed by atoms with Gasteiger partial charge in [0.15, 0.2) is 0 Å². The van der Waals surface area contributed by atoms with Crippen molar-refractivity contribution in [3.05, 3.63) is 28.8 Å². The Morgan fingerprint density at radius 1 is 1.00 bits per heavy atom. The van der Waals surface area contributed by atoms with Crippen LogP contribution < -0.4 is 20.3 Å². The van der Waals surface area contributed by atoms with Crippen LogP contribution in [0.25, 0.3) is 0 Å². The van der Waals surface area contributed by atoms with Crippen molar-refractivity contribution < 1.29 is 34.1 Å². The normalized spacial score (nSPS) is 29.8. The highest BCUT2D eigenvalue weighted by molar-refractivity contribution is 5.89. The summed E-state index contributed by atoms with van der Waals surface area (Å²) in [5.74, 6) is -3.20. The topological polar surface area (TPSA) is 136 Å². The van der Waals surface area contributed by atoms with Crippen LogP contribution in [0, 0.1) is 29.6 Å². The summed E-state index contributed by atoms with van der Waals surface area (Å²) >= 11 is 0. The van der Waals surface area contributed by atoms with Gasteiger partial charge < -0.3 is 29.9 Å². The molecule has 8 heteroatoms. The van der Waals surface area contributed by atoms with Gasteiger partial charge in [0.1, 0.15) is 11.8 Å². The Morgan fingerprint density at radius 3 is 2.37 bits per heavy atom. The molecule has 2 fully saturated rings. The van der Waals surface area contributed by atoms with E-state index in [0.717, 1.165) is 18.4 Å². The van der Waals surface area contributed by atoms with E-state index in [2.05, 4.69) is 33.0 Å². The van der Waals surface area contributed by atoms with Crippen molar-refractivity contribution >= 4 is 23.8 Å². The summed E-state index contributed by atoms with van der Waals surface area (Å²) in [6.07, 6.45) is 5.19. The maximum absolute atomic E-state index is 12.9. The lowest BCUT2D eigenvalue weighted by molar-refractivity contribution is -0.307. The third-order valence-electron chi connectivity index (χ3n) is 9.94. The highest BCUT2D eigenvalue weighted by Gasteiger charge is 2.61. The molecule has 0 aromatic heterocycles. The molecule has 208 valence electrons. The third-order valence-corrected chi connectivity index (χ3v) is 9.94. The number of aryl methyl sites for hydroxylation is 1. The fourth-order valence-corrected chi connectivity index (χ4v) is 8.52. The van der Waals surface area contributed by atoms with E-state index in [1.165, 1.54) is 36.8 Å². The second kappa shape index (κ2) is 10.0. The van der Waals surface area contributed by atoms with Gasteiger partial charge in [0.05, 0.1) is 0 Å². The number of fused-ring (bicyclic) bond motifs is 5. The summed E-state index contributed by atoms with van der Waals surface area (Å²) in [6, 6.07) is 2.22. The van der Waals surface area contributed by atoms with E-state index in [1.54, 1.807) is 0 Å². The Hall–Kier alpha value is -2.90. The van der Waals surface area contributed by atoms with Crippen LogP contribution in [0.5, 0.6) is 5.75 Å². The fourth-order valence-electron chi connectivity index (χ4n) is 8.52. The fraction of sp³-hybridized carbons (Fsp3) is 0.667. The first kappa shape index (κ1) is 28.1. The predicted molar refractivity (Wildman–Crippen MR) is 136 cm³/mol. The van der Waals surface area contributed by atoms with Crippen LogP contribution >= 0.6 is 0 Å². The molecule has 0 heterocycles. The van der Waals surface area contributed by atoms with E-state index >= 15 is 0 Å². The van der Waals surface area contributed by atoms with Crippen molar-refractivity contribution in [1.29, 1.82) is 0 Å². The highest BCUT2D eigenvalue weighted by atomic mass is 16.5. The molecule has 0 radical (unpaired) electrons. The molecule has 38 heavy (non-hydrogen) atoms. The zero-order chi connectivity index (χ0) is 28.0. The Kier molecular flexibility index (Phi) is 7.40. The number of hydrogen-bond acceptors (Lipinski definition) is 7. The van der Waals surface area contributed by atoms with E-state index in [1.807, 2.05) is 19.1 Å². The molecular formula is C30H39NO7-2. The molecule has 0 bridgehead atoms. The molecule has 8 nitrogen and oxygen atoms in total. The molecule has 0 saturated heterocycles. The third kappa shape index (κ3) is 5.06. The molecule has 3 aliphatic carbocycles. The van der Waals surface area contributed by atoms with E-state index in [-0.39, 0.29) is 10.8 Å². The summed E-state index contributed by atoms with van der Waals surface area (Å²) in [6.45, 7) is 11.7. The molecule has 0 spiro atoms.